The van der Waals surface area contributed by atoms with Gasteiger partial charge in [0.05, 0.1) is 38.8 Å². The van der Waals surface area contributed by atoms with Crippen LogP contribution in [0.2, 0.25) is 10.0 Å². The van der Waals surface area contributed by atoms with Crippen molar-refractivity contribution in [2.45, 2.75) is 0 Å². The molecule has 0 saturated carbocycles. The van der Waals surface area contributed by atoms with Gasteiger partial charge in [0, 0.05) is 0 Å². The molecule has 0 bridgehead atoms. The summed E-state index contributed by atoms with van der Waals surface area (Å²) in [5.41, 5.74) is 0.800. The van der Waals surface area contributed by atoms with E-state index in [-0.39, 0.29) is 40.1 Å². The number of aromatic amines is 1. The van der Waals surface area contributed by atoms with E-state index in [4.69, 9.17) is 28.6 Å². The van der Waals surface area contributed by atoms with Gasteiger partial charge in [-0.25, -0.2) is 4.98 Å². The Balaban J connectivity index is 1.81. The van der Waals surface area contributed by atoms with E-state index < -0.39 is 0 Å². The Hall–Kier alpha value is -2.83. The first-order chi connectivity index (χ1) is 12.5. The minimum absolute atomic E-state index is 0.0231. The number of hydrogen-bond donors (Lipinski definition) is 3. The lowest BCUT2D eigenvalue weighted by atomic mass is 10.2. The van der Waals surface area contributed by atoms with Crippen LogP contribution in [0.25, 0.3) is 16.5 Å². The monoisotopic (exact) mass is 386 g/mol. The molecular formula is C18H12Cl2N4O2. The van der Waals surface area contributed by atoms with Crippen molar-refractivity contribution in [1.29, 1.82) is 5.41 Å². The van der Waals surface area contributed by atoms with Crippen LogP contribution in [0.15, 0.2) is 53.0 Å². The van der Waals surface area contributed by atoms with Crippen molar-refractivity contribution in [2.75, 3.05) is 11.4 Å². The minimum atomic E-state index is -0.335. The lowest BCUT2D eigenvalue weighted by molar-refractivity contribution is 0.411. The van der Waals surface area contributed by atoms with Gasteiger partial charge in [-0.15, -0.1) is 0 Å². The summed E-state index contributed by atoms with van der Waals surface area (Å²) in [6.45, 7) is 0.0325. The standard InChI is InChI=1S/C18H12Cl2N4O2/c19-10-5-3-7-12(15(10)20)24-8-13(25)14(16(24)21)17-22-11-6-2-1-4-9(11)18(26)23-17/h1-7,21,25H,8H2,(H,22,23,26). The highest BCUT2D eigenvalue weighted by atomic mass is 35.5. The van der Waals surface area contributed by atoms with Crippen molar-refractivity contribution < 1.29 is 5.11 Å². The van der Waals surface area contributed by atoms with Crippen LogP contribution in [-0.4, -0.2) is 27.5 Å². The summed E-state index contributed by atoms with van der Waals surface area (Å²) in [5.74, 6) is 0.0337. The van der Waals surface area contributed by atoms with E-state index in [0.29, 0.717) is 21.6 Å². The molecule has 0 fully saturated rings. The summed E-state index contributed by atoms with van der Waals surface area (Å²) < 4.78 is 0. The Bertz CT molecular complexity index is 1150. The summed E-state index contributed by atoms with van der Waals surface area (Å²) in [6.07, 6.45) is 0. The van der Waals surface area contributed by atoms with Crippen LogP contribution in [-0.2, 0) is 0 Å². The van der Waals surface area contributed by atoms with Gasteiger partial charge in [0.2, 0.25) is 0 Å². The highest BCUT2D eigenvalue weighted by Gasteiger charge is 2.32. The number of aromatic nitrogens is 2. The van der Waals surface area contributed by atoms with Crippen molar-refractivity contribution in [2.24, 2.45) is 0 Å². The summed E-state index contributed by atoms with van der Waals surface area (Å²) in [4.78, 5) is 20.8. The molecule has 4 rings (SSSR count). The average molecular weight is 387 g/mol. The van der Waals surface area contributed by atoms with Gasteiger partial charge in [-0.05, 0) is 24.3 Å². The second-order valence-corrected chi connectivity index (χ2v) is 6.55. The lowest BCUT2D eigenvalue weighted by Gasteiger charge is -2.20. The second-order valence-electron chi connectivity index (χ2n) is 5.76. The van der Waals surface area contributed by atoms with Gasteiger partial charge in [0.25, 0.3) is 5.56 Å². The SMILES string of the molecule is N=C1C(c2nc3ccccc3c(=O)[nH]2)=C(O)CN1c1cccc(Cl)c1Cl. The van der Waals surface area contributed by atoms with Gasteiger partial charge >= 0.3 is 0 Å². The van der Waals surface area contributed by atoms with E-state index in [2.05, 4.69) is 9.97 Å². The molecule has 8 heteroatoms. The maximum atomic E-state index is 12.3. The number of H-pyrrole nitrogens is 1. The Labute approximate surface area is 157 Å². The fourth-order valence-electron chi connectivity index (χ4n) is 2.94. The molecule has 0 saturated heterocycles. The van der Waals surface area contributed by atoms with Gasteiger partial charge in [-0.2, -0.15) is 0 Å². The van der Waals surface area contributed by atoms with Crippen LogP contribution >= 0.6 is 23.2 Å². The third-order valence-corrected chi connectivity index (χ3v) is 4.98. The van der Waals surface area contributed by atoms with Crippen LogP contribution in [0, 0.1) is 5.41 Å². The number of anilines is 1. The Morgan fingerprint density at radius 1 is 1.15 bits per heavy atom. The van der Waals surface area contributed by atoms with Gasteiger partial charge in [-0.1, -0.05) is 41.4 Å². The molecule has 1 aliphatic rings. The van der Waals surface area contributed by atoms with E-state index >= 15 is 0 Å². The van der Waals surface area contributed by atoms with Crippen LogP contribution in [0.5, 0.6) is 0 Å². The summed E-state index contributed by atoms with van der Waals surface area (Å²) >= 11 is 12.3. The Morgan fingerprint density at radius 3 is 2.73 bits per heavy atom. The smallest absolute Gasteiger partial charge is 0.259 e. The molecule has 3 aromatic rings. The summed E-state index contributed by atoms with van der Waals surface area (Å²) in [6, 6.07) is 11.9. The van der Waals surface area contributed by atoms with Gasteiger partial charge in [0.15, 0.2) is 0 Å². The molecule has 6 nitrogen and oxygen atoms in total. The predicted molar refractivity (Wildman–Crippen MR) is 103 cm³/mol. The molecule has 1 aliphatic heterocycles. The van der Waals surface area contributed by atoms with E-state index in [0.717, 1.165) is 0 Å². The lowest BCUT2D eigenvalue weighted by Crippen LogP contribution is -2.27. The first-order valence-electron chi connectivity index (χ1n) is 7.69. The van der Waals surface area contributed by atoms with Crippen LogP contribution < -0.4 is 10.5 Å². The van der Waals surface area contributed by atoms with E-state index in [1.807, 2.05) is 0 Å². The molecule has 2 aromatic carbocycles. The van der Waals surface area contributed by atoms with Crippen molar-refractivity contribution in [3.8, 4) is 0 Å². The topological polar surface area (TPSA) is 93.1 Å². The van der Waals surface area contributed by atoms with Crippen molar-refractivity contribution in [1.82, 2.24) is 9.97 Å². The molecule has 0 radical (unpaired) electrons. The van der Waals surface area contributed by atoms with Gasteiger partial charge < -0.3 is 15.0 Å². The van der Waals surface area contributed by atoms with Crippen molar-refractivity contribution >= 4 is 51.2 Å². The summed E-state index contributed by atoms with van der Waals surface area (Å²) in [7, 11) is 0. The molecule has 3 N–H and O–H groups in total. The number of aliphatic hydroxyl groups excluding tert-OH is 1. The fourth-order valence-corrected chi connectivity index (χ4v) is 3.34. The maximum Gasteiger partial charge on any atom is 0.259 e. The molecule has 130 valence electrons. The molecule has 26 heavy (non-hydrogen) atoms. The van der Waals surface area contributed by atoms with Crippen LogP contribution in [0.1, 0.15) is 5.82 Å². The fraction of sp³-hybridized carbons (Fsp3) is 0.0556. The first kappa shape index (κ1) is 16.6. The van der Waals surface area contributed by atoms with E-state index in [1.54, 1.807) is 42.5 Å². The summed E-state index contributed by atoms with van der Waals surface area (Å²) in [5, 5.41) is 20.0. The number of nitrogens with zero attached hydrogens (tertiary/aromatic N) is 2. The highest BCUT2D eigenvalue weighted by Crippen LogP contribution is 2.37. The third-order valence-electron chi connectivity index (χ3n) is 4.17. The number of benzene rings is 2. The largest absolute Gasteiger partial charge is 0.509 e. The number of hydrogen-bond acceptors (Lipinski definition) is 4. The number of halogens is 2. The van der Waals surface area contributed by atoms with Gasteiger partial charge in [0.1, 0.15) is 17.4 Å². The maximum absolute atomic E-state index is 12.3. The normalized spacial score (nSPS) is 14.5. The number of amidine groups is 1. The zero-order valence-corrected chi connectivity index (χ0v) is 14.8. The molecule has 0 amide bonds. The molecule has 0 aliphatic carbocycles. The van der Waals surface area contributed by atoms with E-state index in [1.165, 1.54) is 4.90 Å². The number of fused-ring (bicyclic) bond motifs is 1. The van der Waals surface area contributed by atoms with Gasteiger partial charge in [-0.3, -0.25) is 10.2 Å². The van der Waals surface area contributed by atoms with Crippen LogP contribution in [0.4, 0.5) is 5.69 Å². The van der Waals surface area contributed by atoms with Crippen molar-refractivity contribution in [3.63, 3.8) is 0 Å². The third kappa shape index (κ3) is 2.55. The molecular weight excluding hydrogens is 375 g/mol. The number of para-hydroxylation sites is 1. The minimum Gasteiger partial charge on any atom is -0.509 e. The van der Waals surface area contributed by atoms with E-state index in [9.17, 15) is 9.90 Å². The predicted octanol–water partition coefficient (Wildman–Crippen LogP) is 4.00. The quantitative estimate of drug-likeness (QED) is 0.620. The number of rotatable bonds is 2. The number of aliphatic hydroxyl groups is 1. The first-order valence-corrected chi connectivity index (χ1v) is 8.45. The molecule has 1 aromatic heterocycles. The average Bonchev–Trinajstić information content (AvgIpc) is 2.91. The molecule has 2 heterocycles. The zero-order valence-electron chi connectivity index (χ0n) is 13.3. The molecule has 0 unspecified atom stereocenters. The second kappa shape index (κ2) is 6.16. The molecule has 0 spiro atoms. The zero-order chi connectivity index (χ0) is 18.4. The number of nitrogens with one attached hydrogen (secondary N) is 2. The Kier molecular flexibility index (Phi) is 3.94. The molecule has 0 atom stereocenters. The van der Waals surface area contributed by atoms with Crippen molar-refractivity contribution in [3.05, 3.63) is 74.4 Å². The van der Waals surface area contributed by atoms with Crippen LogP contribution in [0.3, 0.4) is 0 Å². The Morgan fingerprint density at radius 2 is 1.92 bits per heavy atom. The highest BCUT2D eigenvalue weighted by molar-refractivity contribution is 6.44.